The second kappa shape index (κ2) is 3.99. The summed E-state index contributed by atoms with van der Waals surface area (Å²) in [6.07, 6.45) is 0. The number of hydrogen-bond donors (Lipinski definition) is 2. The first kappa shape index (κ1) is 11.3. The van der Waals surface area contributed by atoms with E-state index in [2.05, 4.69) is 41.8 Å². The Kier molecular flexibility index (Phi) is 2.81. The zero-order valence-electron chi connectivity index (χ0n) is 7.62. The van der Waals surface area contributed by atoms with Crippen molar-refractivity contribution in [1.29, 1.82) is 0 Å². The summed E-state index contributed by atoms with van der Waals surface area (Å²) < 4.78 is 1.48. The maximum Gasteiger partial charge on any atom is 0.360 e. The number of carboxylic acid groups (broad SMARTS) is 1. The lowest BCUT2D eigenvalue weighted by molar-refractivity contribution is 0.0689. The predicted octanol–water partition coefficient (Wildman–Crippen LogP) is 2.15. The topological polar surface area (TPSA) is 83.0 Å². The van der Waals surface area contributed by atoms with Gasteiger partial charge in [-0.1, -0.05) is 0 Å². The van der Waals surface area contributed by atoms with Gasteiger partial charge >= 0.3 is 5.97 Å². The van der Waals surface area contributed by atoms with Gasteiger partial charge in [-0.25, -0.2) is 9.78 Å². The highest BCUT2D eigenvalue weighted by molar-refractivity contribution is 9.13. The van der Waals surface area contributed by atoms with Gasteiger partial charge in [0, 0.05) is 8.95 Å². The maximum atomic E-state index is 11.3. The largest absolute Gasteiger partial charge is 0.476 e. The van der Waals surface area contributed by atoms with E-state index >= 15 is 0 Å². The lowest BCUT2D eigenvalue weighted by atomic mass is 10.3. The summed E-state index contributed by atoms with van der Waals surface area (Å²) in [5, 5.41) is 8.75. The van der Waals surface area contributed by atoms with Gasteiger partial charge < -0.3 is 10.1 Å². The van der Waals surface area contributed by atoms with Crippen molar-refractivity contribution in [1.82, 2.24) is 9.97 Å². The fourth-order valence-electron chi connectivity index (χ4n) is 1.23. The molecule has 1 aromatic carbocycles. The molecular formula is C9H4Br2N2O3. The Hall–Kier alpha value is -1.21. The molecule has 7 heteroatoms. The van der Waals surface area contributed by atoms with E-state index in [0.717, 1.165) is 8.95 Å². The number of nitrogens with one attached hydrogen (secondary N) is 1. The van der Waals surface area contributed by atoms with Crippen LogP contribution in [0.4, 0.5) is 0 Å². The maximum absolute atomic E-state index is 11.3. The fourth-order valence-corrected chi connectivity index (χ4v) is 1.90. The lowest BCUT2D eigenvalue weighted by Gasteiger charge is -2.01. The number of benzene rings is 1. The standard InChI is InChI=1S/C9H4Br2N2O3/c10-3-1-5-6(2-4(3)11)13-8(14)7(12-5)9(15)16/h1-2H,(H,13,14)(H,15,16). The first-order valence-corrected chi connectivity index (χ1v) is 5.70. The van der Waals surface area contributed by atoms with E-state index in [0.29, 0.717) is 11.0 Å². The van der Waals surface area contributed by atoms with Gasteiger partial charge in [-0.15, -0.1) is 0 Å². The van der Waals surface area contributed by atoms with Gasteiger partial charge in [0.1, 0.15) is 0 Å². The van der Waals surface area contributed by atoms with Crippen molar-refractivity contribution in [3.8, 4) is 0 Å². The molecule has 0 aliphatic heterocycles. The summed E-state index contributed by atoms with van der Waals surface area (Å²) in [5.74, 6) is -1.35. The van der Waals surface area contributed by atoms with Gasteiger partial charge in [0.05, 0.1) is 11.0 Å². The summed E-state index contributed by atoms with van der Waals surface area (Å²) in [4.78, 5) is 28.3. The Morgan fingerprint density at radius 1 is 1.31 bits per heavy atom. The number of aromatic nitrogens is 2. The molecule has 2 rings (SSSR count). The van der Waals surface area contributed by atoms with Crippen LogP contribution in [0.3, 0.4) is 0 Å². The van der Waals surface area contributed by atoms with Crippen LogP contribution in [0.25, 0.3) is 11.0 Å². The molecule has 2 N–H and O–H groups in total. The normalized spacial score (nSPS) is 10.6. The molecule has 16 heavy (non-hydrogen) atoms. The number of nitrogens with zero attached hydrogens (tertiary/aromatic N) is 1. The molecule has 0 spiro atoms. The van der Waals surface area contributed by atoms with Crippen LogP contribution in [0.1, 0.15) is 10.5 Å². The van der Waals surface area contributed by atoms with Gasteiger partial charge in [0.15, 0.2) is 0 Å². The average Bonchev–Trinajstić information content (AvgIpc) is 2.19. The predicted molar refractivity (Wildman–Crippen MR) is 64.7 cm³/mol. The summed E-state index contributed by atoms with van der Waals surface area (Å²) >= 11 is 6.55. The Morgan fingerprint density at radius 3 is 2.56 bits per heavy atom. The SMILES string of the molecule is O=C(O)c1nc2cc(Br)c(Br)cc2[nH]c1=O. The molecule has 5 nitrogen and oxygen atoms in total. The zero-order valence-corrected chi connectivity index (χ0v) is 10.8. The van der Waals surface area contributed by atoms with Crippen LogP contribution in [0, 0.1) is 0 Å². The van der Waals surface area contributed by atoms with Crippen LogP contribution in [-0.2, 0) is 0 Å². The molecule has 2 aromatic rings. The second-order valence-corrected chi connectivity index (χ2v) is 4.71. The molecule has 0 saturated heterocycles. The van der Waals surface area contributed by atoms with Crippen LogP contribution in [0.2, 0.25) is 0 Å². The Balaban J connectivity index is 2.85. The molecule has 0 bridgehead atoms. The van der Waals surface area contributed by atoms with Crippen LogP contribution < -0.4 is 5.56 Å². The van der Waals surface area contributed by atoms with E-state index < -0.39 is 17.2 Å². The molecule has 1 aromatic heterocycles. The monoisotopic (exact) mass is 346 g/mol. The van der Waals surface area contributed by atoms with Gasteiger partial charge in [0.2, 0.25) is 5.69 Å². The number of rotatable bonds is 1. The summed E-state index contributed by atoms with van der Waals surface area (Å²) in [7, 11) is 0. The number of fused-ring (bicyclic) bond motifs is 1. The molecule has 0 aliphatic rings. The third-order valence-electron chi connectivity index (χ3n) is 1.94. The van der Waals surface area contributed by atoms with E-state index in [1.807, 2.05) is 0 Å². The molecule has 0 fully saturated rings. The Bertz CT molecular complexity index is 651. The van der Waals surface area contributed by atoms with Crippen LogP contribution in [-0.4, -0.2) is 21.0 Å². The number of carbonyl (C=O) groups is 1. The minimum Gasteiger partial charge on any atom is -0.476 e. The van der Waals surface area contributed by atoms with Gasteiger partial charge in [-0.2, -0.15) is 0 Å². The number of carboxylic acids is 1. The van der Waals surface area contributed by atoms with Crippen molar-refractivity contribution >= 4 is 48.9 Å². The van der Waals surface area contributed by atoms with Crippen LogP contribution >= 0.6 is 31.9 Å². The zero-order chi connectivity index (χ0) is 11.9. The van der Waals surface area contributed by atoms with E-state index in [-0.39, 0.29) is 0 Å². The minimum atomic E-state index is -1.35. The fraction of sp³-hybridized carbons (Fsp3) is 0. The van der Waals surface area contributed by atoms with Gasteiger partial charge in [-0.3, -0.25) is 4.79 Å². The Morgan fingerprint density at radius 2 is 1.94 bits per heavy atom. The van der Waals surface area contributed by atoms with E-state index in [9.17, 15) is 9.59 Å². The van der Waals surface area contributed by atoms with E-state index in [1.54, 1.807) is 12.1 Å². The van der Waals surface area contributed by atoms with Crippen molar-refractivity contribution in [2.45, 2.75) is 0 Å². The van der Waals surface area contributed by atoms with Crippen molar-refractivity contribution in [2.24, 2.45) is 0 Å². The van der Waals surface area contributed by atoms with Crippen molar-refractivity contribution in [3.05, 3.63) is 37.1 Å². The molecule has 0 atom stereocenters. The summed E-state index contributed by atoms with van der Waals surface area (Å²) in [5.41, 5.74) is -0.340. The van der Waals surface area contributed by atoms with Crippen LogP contribution in [0.15, 0.2) is 25.9 Å². The minimum absolute atomic E-state index is 0.409. The molecular weight excluding hydrogens is 344 g/mol. The molecule has 0 saturated carbocycles. The molecule has 0 amide bonds. The highest BCUT2D eigenvalue weighted by Crippen LogP contribution is 2.26. The molecule has 0 unspecified atom stereocenters. The second-order valence-electron chi connectivity index (χ2n) is 3.00. The van der Waals surface area contributed by atoms with Gasteiger partial charge in [-0.05, 0) is 44.0 Å². The third kappa shape index (κ3) is 1.88. The van der Waals surface area contributed by atoms with E-state index in [4.69, 9.17) is 5.11 Å². The molecule has 82 valence electrons. The van der Waals surface area contributed by atoms with Crippen molar-refractivity contribution in [2.75, 3.05) is 0 Å². The lowest BCUT2D eigenvalue weighted by Crippen LogP contribution is -2.19. The first-order chi connectivity index (χ1) is 7.49. The molecule has 1 heterocycles. The molecule has 0 aliphatic carbocycles. The van der Waals surface area contributed by atoms with Crippen LogP contribution in [0.5, 0.6) is 0 Å². The highest BCUT2D eigenvalue weighted by atomic mass is 79.9. The first-order valence-electron chi connectivity index (χ1n) is 4.11. The average molecular weight is 348 g/mol. The highest BCUT2D eigenvalue weighted by Gasteiger charge is 2.12. The van der Waals surface area contributed by atoms with Crippen molar-refractivity contribution < 1.29 is 9.90 Å². The Labute approximate surface area is 106 Å². The number of aromatic carboxylic acids is 1. The summed E-state index contributed by atoms with van der Waals surface area (Å²) in [6, 6.07) is 3.28. The van der Waals surface area contributed by atoms with Gasteiger partial charge in [0.25, 0.3) is 5.56 Å². The van der Waals surface area contributed by atoms with E-state index in [1.165, 1.54) is 0 Å². The number of H-pyrrole nitrogens is 1. The number of aromatic amines is 1. The van der Waals surface area contributed by atoms with Crippen molar-refractivity contribution in [3.63, 3.8) is 0 Å². The number of hydrogen-bond acceptors (Lipinski definition) is 3. The summed E-state index contributed by atoms with van der Waals surface area (Å²) in [6.45, 7) is 0. The molecule has 0 radical (unpaired) electrons. The third-order valence-corrected chi connectivity index (χ3v) is 3.78. The quantitative estimate of drug-likeness (QED) is 0.827. The number of halogens is 2. The smallest absolute Gasteiger partial charge is 0.360 e.